The second-order valence-electron chi connectivity index (χ2n) is 4.09. The van der Waals surface area contributed by atoms with Crippen LogP contribution in [0, 0.1) is 5.41 Å². The minimum absolute atomic E-state index is 0.0811. The number of carboxylic acids is 1. The van der Waals surface area contributed by atoms with Gasteiger partial charge in [0.25, 0.3) is 0 Å². The Morgan fingerprint density at radius 3 is 2.86 bits per heavy atom. The summed E-state index contributed by atoms with van der Waals surface area (Å²) < 4.78 is 1.86. The van der Waals surface area contributed by atoms with Gasteiger partial charge in [-0.2, -0.15) is 5.10 Å². The topological polar surface area (TPSA) is 55.1 Å². The number of carboxylic acid groups (broad SMARTS) is 1. The average molecular weight is 194 g/mol. The van der Waals surface area contributed by atoms with Crippen LogP contribution in [0.3, 0.4) is 0 Å². The first kappa shape index (κ1) is 9.24. The van der Waals surface area contributed by atoms with Gasteiger partial charge in [-0.25, -0.2) is 0 Å². The lowest BCUT2D eigenvalue weighted by atomic mass is 9.98. The number of aliphatic carboxylic acids is 1. The van der Waals surface area contributed by atoms with Gasteiger partial charge in [-0.05, 0) is 30.7 Å². The largest absolute Gasteiger partial charge is 0.481 e. The molecule has 76 valence electrons. The van der Waals surface area contributed by atoms with Gasteiger partial charge in [0.1, 0.15) is 0 Å². The van der Waals surface area contributed by atoms with E-state index in [1.807, 2.05) is 16.9 Å². The van der Waals surface area contributed by atoms with E-state index in [9.17, 15) is 4.79 Å². The normalized spacial score (nSPS) is 18.0. The van der Waals surface area contributed by atoms with E-state index in [0.717, 1.165) is 25.8 Å². The lowest BCUT2D eigenvalue weighted by Gasteiger charge is -2.11. The Morgan fingerprint density at radius 2 is 2.36 bits per heavy atom. The number of hydrogen-bond donors (Lipinski definition) is 1. The van der Waals surface area contributed by atoms with Gasteiger partial charge in [0, 0.05) is 18.9 Å². The molecule has 1 heterocycles. The number of aryl methyl sites for hydroxylation is 1. The van der Waals surface area contributed by atoms with Crippen LogP contribution in [0.1, 0.15) is 25.7 Å². The highest BCUT2D eigenvalue weighted by atomic mass is 16.4. The molecule has 1 aliphatic carbocycles. The Labute approximate surface area is 82.5 Å². The van der Waals surface area contributed by atoms with Gasteiger partial charge in [-0.1, -0.05) is 0 Å². The summed E-state index contributed by atoms with van der Waals surface area (Å²) in [5.41, 5.74) is 0.0811. The molecule has 1 aromatic rings. The molecule has 1 aromatic heterocycles. The SMILES string of the molecule is O=C(O)CC1(CCn2cccn2)CC1. The van der Waals surface area contributed by atoms with Crippen molar-refractivity contribution < 1.29 is 9.90 Å². The summed E-state index contributed by atoms with van der Waals surface area (Å²) in [7, 11) is 0. The number of rotatable bonds is 5. The predicted molar refractivity (Wildman–Crippen MR) is 50.8 cm³/mol. The zero-order valence-electron chi connectivity index (χ0n) is 8.02. The first-order valence-electron chi connectivity index (χ1n) is 4.89. The molecule has 0 aromatic carbocycles. The molecule has 4 heteroatoms. The number of aromatic nitrogens is 2. The van der Waals surface area contributed by atoms with Crippen LogP contribution in [0.25, 0.3) is 0 Å². The van der Waals surface area contributed by atoms with E-state index in [-0.39, 0.29) is 5.41 Å². The van der Waals surface area contributed by atoms with Gasteiger partial charge >= 0.3 is 5.97 Å². The third kappa shape index (κ3) is 2.13. The first-order valence-corrected chi connectivity index (χ1v) is 4.89. The van der Waals surface area contributed by atoms with Gasteiger partial charge in [-0.3, -0.25) is 9.48 Å². The van der Waals surface area contributed by atoms with Crippen molar-refractivity contribution in [2.75, 3.05) is 0 Å². The summed E-state index contributed by atoms with van der Waals surface area (Å²) in [4.78, 5) is 10.6. The van der Waals surface area contributed by atoms with E-state index in [0.29, 0.717) is 6.42 Å². The van der Waals surface area contributed by atoms with Gasteiger partial charge in [0.2, 0.25) is 0 Å². The van der Waals surface area contributed by atoms with Crippen molar-refractivity contribution in [3.05, 3.63) is 18.5 Å². The van der Waals surface area contributed by atoms with Crippen LogP contribution < -0.4 is 0 Å². The number of hydrogen-bond acceptors (Lipinski definition) is 2. The molecular formula is C10H14N2O2. The Hall–Kier alpha value is -1.32. The van der Waals surface area contributed by atoms with Crippen LogP contribution in [0.5, 0.6) is 0 Å². The molecule has 0 spiro atoms. The molecule has 1 saturated carbocycles. The van der Waals surface area contributed by atoms with Gasteiger partial charge < -0.3 is 5.11 Å². The molecule has 0 radical (unpaired) electrons. The van der Waals surface area contributed by atoms with Crippen LogP contribution in [0.15, 0.2) is 18.5 Å². The van der Waals surface area contributed by atoms with Crippen LogP contribution >= 0.6 is 0 Å². The maximum absolute atomic E-state index is 10.6. The summed E-state index contributed by atoms with van der Waals surface area (Å²) in [5.74, 6) is -0.678. The fourth-order valence-electron chi connectivity index (χ4n) is 1.80. The van der Waals surface area contributed by atoms with Crippen LogP contribution in [-0.4, -0.2) is 20.9 Å². The highest BCUT2D eigenvalue weighted by Gasteiger charge is 2.43. The molecule has 1 aliphatic rings. The van der Waals surface area contributed by atoms with E-state index >= 15 is 0 Å². The molecular weight excluding hydrogens is 180 g/mol. The predicted octanol–water partition coefficient (Wildman–Crippen LogP) is 1.53. The molecule has 14 heavy (non-hydrogen) atoms. The maximum atomic E-state index is 10.6. The Balaban J connectivity index is 1.83. The van der Waals surface area contributed by atoms with E-state index in [1.165, 1.54) is 0 Å². The van der Waals surface area contributed by atoms with Gasteiger partial charge in [-0.15, -0.1) is 0 Å². The molecule has 0 unspecified atom stereocenters. The van der Waals surface area contributed by atoms with Crippen molar-refractivity contribution in [2.24, 2.45) is 5.41 Å². The first-order chi connectivity index (χ1) is 6.70. The standard InChI is InChI=1S/C10H14N2O2/c13-9(14)8-10(2-3-10)4-7-12-6-1-5-11-12/h1,5-6H,2-4,7-8H2,(H,13,14). The maximum Gasteiger partial charge on any atom is 0.303 e. The molecule has 1 N–H and O–H groups in total. The zero-order chi connectivity index (χ0) is 10.0. The van der Waals surface area contributed by atoms with Crippen LogP contribution in [0.4, 0.5) is 0 Å². The van der Waals surface area contributed by atoms with Crippen LogP contribution in [0.2, 0.25) is 0 Å². The molecule has 1 fully saturated rings. The zero-order valence-corrected chi connectivity index (χ0v) is 8.02. The molecule has 2 rings (SSSR count). The second kappa shape index (κ2) is 3.44. The van der Waals surface area contributed by atoms with Crippen molar-refractivity contribution in [3.8, 4) is 0 Å². The molecule has 0 saturated heterocycles. The highest BCUT2D eigenvalue weighted by molar-refractivity contribution is 5.68. The number of nitrogens with zero attached hydrogens (tertiary/aromatic N) is 2. The third-order valence-electron chi connectivity index (χ3n) is 2.91. The van der Waals surface area contributed by atoms with E-state index in [2.05, 4.69) is 5.10 Å². The van der Waals surface area contributed by atoms with Gasteiger partial charge in [0.05, 0.1) is 6.42 Å². The quantitative estimate of drug-likeness (QED) is 0.773. The minimum Gasteiger partial charge on any atom is -0.481 e. The average Bonchev–Trinajstić information content (AvgIpc) is 2.68. The summed E-state index contributed by atoms with van der Waals surface area (Å²) in [6, 6.07) is 1.89. The van der Waals surface area contributed by atoms with Crippen molar-refractivity contribution in [2.45, 2.75) is 32.2 Å². The molecule has 4 nitrogen and oxygen atoms in total. The molecule has 0 bridgehead atoms. The van der Waals surface area contributed by atoms with E-state index in [4.69, 9.17) is 5.11 Å². The second-order valence-corrected chi connectivity index (χ2v) is 4.09. The molecule has 0 amide bonds. The Morgan fingerprint density at radius 1 is 1.57 bits per heavy atom. The fourth-order valence-corrected chi connectivity index (χ4v) is 1.80. The summed E-state index contributed by atoms with van der Waals surface area (Å²) in [6.07, 6.45) is 7.02. The highest BCUT2D eigenvalue weighted by Crippen LogP contribution is 2.51. The Kier molecular flexibility index (Phi) is 2.27. The van der Waals surface area contributed by atoms with Crippen LogP contribution in [-0.2, 0) is 11.3 Å². The minimum atomic E-state index is -0.678. The Bertz CT molecular complexity index is 315. The number of carbonyl (C=O) groups is 1. The smallest absolute Gasteiger partial charge is 0.303 e. The monoisotopic (exact) mass is 194 g/mol. The summed E-state index contributed by atoms with van der Waals surface area (Å²) in [5, 5.41) is 12.8. The van der Waals surface area contributed by atoms with Crippen molar-refractivity contribution in [1.29, 1.82) is 0 Å². The summed E-state index contributed by atoms with van der Waals surface area (Å²) >= 11 is 0. The van der Waals surface area contributed by atoms with Crippen molar-refractivity contribution in [1.82, 2.24) is 9.78 Å². The van der Waals surface area contributed by atoms with Crippen molar-refractivity contribution >= 4 is 5.97 Å². The van der Waals surface area contributed by atoms with Gasteiger partial charge in [0.15, 0.2) is 0 Å². The van der Waals surface area contributed by atoms with E-state index < -0.39 is 5.97 Å². The fraction of sp³-hybridized carbons (Fsp3) is 0.600. The lowest BCUT2D eigenvalue weighted by molar-refractivity contribution is -0.138. The molecule has 0 atom stereocenters. The van der Waals surface area contributed by atoms with E-state index in [1.54, 1.807) is 6.20 Å². The third-order valence-corrected chi connectivity index (χ3v) is 2.91. The van der Waals surface area contributed by atoms with Crippen molar-refractivity contribution in [3.63, 3.8) is 0 Å². The summed E-state index contributed by atoms with van der Waals surface area (Å²) in [6.45, 7) is 0.834. The lowest BCUT2D eigenvalue weighted by Crippen LogP contribution is -2.12. The molecule has 0 aliphatic heterocycles.